The van der Waals surface area contributed by atoms with Gasteiger partial charge in [-0.05, 0) is 61.4 Å². The van der Waals surface area contributed by atoms with E-state index in [1.165, 1.54) is 0 Å². The summed E-state index contributed by atoms with van der Waals surface area (Å²) in [6.45, 7) is 3.89. The molecule has 0 spiro atoms. The molecule has 4 N–H and O–H groups in total. The maximum absolute atomic E-state index is 5.82. The number of benzene rings is 2. The Kier molecular flexibility index (Phi) is 3.10. The Morgan fingerprint density at radius 2 is 1.19 bits per heavy atom. The smallest absolute Gasteiger partial charge is 0.248 e. The standard InChI is InChI=1S/C16H16N4O/c1-9-7-11(3-5-13(9)17)15-19-20-16(21-15)12-4-6-14(18)10(2)8-12/h3-8H,17-18H2,1-2H3. The van der Waals surface area contributed by atoms with Gasteiger partial charge in [-0.2, -0.15) is 0 Å². The fourth-order valence-corrected chi connectivity index (χ4v) is 2.07. The zero-order valence-electron chi connectivity index (χ0n) is 11.9. The van der Waals surface area contributed by atoms with Crippen molar-refractivity contribution in [1.29, 1.82) is 0 Å². The molecule has 0 bridgehead atoms. The van der Waals surface area contributed by atoms with Gasteiger partial charge in [0.2, 0.25) is 11.8 Å². The number of hydrogen-bond donors (Lipinski definition) is 2. The molecule has 3 aromatic rings. The van der Waals surface area contributed by atoms with Crippen molar-refractivity contribution in [2.75, 3.05) is 11.5 Å². The number of hydrogen-bond acceptors (Lipinski definition) is 5. The third-order valence-corrected chi connectivity index (χ3v) is 3.46. The molecule has 21 heavy (non-hydrogen) atoms. The Morgan fingerprint density at radius 1 is 0.762 bits per heavy atom. The Morgan fingerprint density at radius 3 is 1.57 bits per heavy atom. The number of nitrogen functional groups attached to an aromatic ring is 2. The van der Waals surface area contributed by atoms with Crippen LogP contribution < -0.4 is 11.5 Å². The highest BCUT2D eigenvalue weighted by molar-refractivity contribution is 5.64. The van der Waals surface area contributed by atoms with E-state index in [1.54, 1.807) is 0 Å². The van der Waals surface area contributed by atoms with E-state index in [-0.39, 0.29) is 0 Å². The molecule has 0 unspecified atom stereocenters. The second kappa shape index (κ2) is 4.94. The van der Waals surface area contributed by atoms with Gasteiger partial charge >= 0.3 is 0 Å². The van der Waals surface area contributed by atoms with Gasteiger partial charge in [-0.15, -0.1) is 10.2 Å². The minimum atomic E-state index is 0.475. The molecule has 0 aliphatic rings. The van der Waals surface area contributed by atoms with Crippen LogP contribution in [0, 0.1) is 13.8 Å². The van der Waals surface area contributed by atoms with Crippen LogP contribution in [0.3, 0.4) is 0 Å². The van der Waals surface area contributed by atoms with Gasteiger partial charge in [0.1, 0.15) is 0 Å². The van der Waals surface area contributed by atoms with E-state index in [9.17, 15) is 0 Å². The summed E-state index contributed by atoms with van der Waals surface area (Å²) in [6, 6.07) is 11.3. The maximum atomic E-state index is 5.82. The zero-order chi connectivity index (χ0) is 15.0. The van der Waals surface area contributed by atoms with Crippen LogP contribution >= 0.6 is 0 Å². The van der Waals surface area contributed by atoms with Gasteiger partial charge in [0, 0.05) is 22.5 Å². The molecule has 106 valence electrons. The summed E-state index contributed by atoms with van der Waals surface area (Å²) in [5.74, 6) is 0.949. The molecule has 0 aliphatic carbocycles. The lowest BCUT2D eigenvalue weighted by Gasteiger charge is -2.02. The molecular formula is C16H16N4O. The highest BCUT2D eigenvalue weighted by Crippen LogP contribution is 2.27. The Hall–Kier alpha value is -2.82. The summed E-state index contributed by atoms with van der Waals surface area (Å²) in [7, 11) is 0. The van der Waals surface area contributed by atoms with Gasteiger partial charge in [-0.1, -0.05) is 0 Å². The van der Waals surface area contributed by atoms with Crippen LogP contribution in [0.15, 0.2) is 40.8 Å². The topological polar surface area (TPSA) is 91.0 Å². The molecule has 0 saturated heterocycles. The van der Waals surface area contributed by atoms with Gasteiger partial charge in [-0.25, -0.2) is 0 Å². The second-order valence-corrected chi connectivity index (χ2v) is 5.06. The fraction of sp³-hybridized carbons (Fsp3) is 0.125. The molecule has 0 saturated carbocycles. The van der Waals surface area contributed by atoms with Crippen molar-refractivity contribution in [3.05, 3.63) is 47.5 Å². The van der Waals surface area contributed by atoms with E-state index in [2.05, 4.69) is 10.2 Å². The lowest BCUT2D eigenvalue weighted by Crippen LogP contribution is -1.89. The number of anilines is 2. The highest BCUT2D eigenvalue weighted by Gasteiger charge is 2.11. The molecule has 2 aromatic carbocycles. The first-order valence-corrected chi connectivity index (χ1v) is 6.61. The molecule has 3 rings (SSSR count). The fourth-order valence-electron chi connectivity index (χ4n) is 2.07. The monoisotopic (exact) mass is 280 g/mol. The van der Waals surface area contributed by atoms with Crippen LogP contribution in [0.1, 0.15) is 11.1 Å². The van der Waals surface area contributed by atoms with Crippen LogP contribution in [0.4, 0.5) is 11.4 Å². The van der Waals surface area contributed by atoms with E-state index in [0.29, 0.717) is 11.8 Å². The Labute approximate surface area is 122 Å². The van der Waals surface area contributed by atoms with E-state index in [1.807, 2.05) is 50.2 Å². The Balaban J connectivity index is 1.99. The minimum Gasteiger partial charge on any atom is -0.416 e. The lowest BCUT2D eigenvalue weighted by molar-refractivity contribution is 0.584. The molecule has 0 aliphatic heterocycles. The van der Waals surface area contributed by atoms with Crippen molar-refractivity contribution < 1.29 is 4.42 Å². The molecule has 1 heterocycles. The van der Waals surface area contributed by atoms with Gasteiger partial charge in [-0.3, -0.25) is 0 Å². The van der Waals surface area contributed by atoms with Crippen molar-refractivity contribution in [2.24, 2.45) is 0 Å². The summed E-state index contributed by atoms with van der Waals surface area (Å²) in [5, 5.41) is 8.19. The summed E-state index contributed by atoms with van der Waals surface area (Å²) in [4.78, 5) is 0. The molecule has 0 radical (unpaired) electrons. The molecule has 0 fully saturated rings. The third kappa shape index (κ3) is 2.45. The summed E-state index contributed by atoms with van der Waals surface area (Å²) in [6.07, 6.45) is 0. The summed E-state index contributed by atoms with van der Waals surface area (Å²) < 4.78 is 5.74. The van der Waals surface area contributed by atoms with E-state index >= 15 is 0 Å². The predicted molar refractivity (Wildman–Crippen MR) is 83.5 cm³/mol. The molecule has 0 amide bonds. The lowest BCUT2D eigenvalue weighted by atomic mass is 10.1. The number of nitrogens with two attached hydrogens (primary N) is 2. The normalized spacial score (nSPS) is 10.8. The molecule has 5 nitrogen and oxygen atoms in total. The average Bonchev–Trinajstić information content (AvgIpc) is 2.94. The molecule has 5 heteroatoms. The molecule has 0 atom stereocenters. The van der Waals surface area contributed by atoms with Crippen molar-refractivity contribution in [1.82, 2.24) is 10.2 Å². The van der Waals surface area contributed by atoms with E-state index < -0.39 is 0 Å². The first-order valence-electron chi connectivity index (χ1n) is 6.61. The molecule has 1 aromatic heterocycles. The largest absolute Gasteiger partial charge is 0.416 e. The quantitative estimate of drug-likeness (QED) is 0.703. The van der Waals surface area contributed by atoms with E-state index in [4.69, 9.17) is 15.9 Å². The predicted octanol–water partition coefficient (Wildman–Crippen LogP) is 3.18. The van der Waals surface area contributed by atoms with Crippen molar-refractivity contribution >= 4 is 11.4 Å². The van der Waals surface area contributed by atoms with Crippen LogP contribution in [0.25, 0.3) is 22.9 Å². The third-order valence-electron chi connectivity index (χ3n) is 3.46. The van der Waals surface area contributed by atoms with Crippen LogP contribution in [0.5, 0.6) is 0 Å². The minimum absolute atomic E-state index is 0.475. The first-order chi connectivity index (χ1) is 10.0. The average molecular weight is 280 g/mol. The van der Waals surface area contributed by atoms with Crippen LogP contribution in [-0.2, 0) is 0 Å². The molecular weight excluding hydrogens is 264 g/mol. The van der Waals surface area contributed by atoms with Gasteiger partial charge in [0.25, 0.3) is 0 Å². The number of nitrogens with zero attached hydrogens (tertiary/aromatic N) is 2. The Bertz CT molecular complexity index is 742. The van der Waals surface area contributed by atoms with Crippen LogP contribution in [0.2, 0.25) is 0 Å². The number of aromatic nitrogens is 2. The zero-order valence-corrected chi connectivity index (χ0v) is 11.9. The van der Waals surface area contributed by atoms with E-state index in [0.717, 1.165) is 33.6 Å². The van der Waals surface area contributed by atoms with Crippen molar-refractivity contribution in [3.63, 3.8) is 0 Å². The maximum Gasteiger partial charge on any atom is 0.248 e. The van der Waals surface area contributed by atoms with Crippen molar-refractivity contribution in [2.45, 2.75) is 13.8 Å². The SMILES string of the molecule is Cc1cc(-c2nnc(-c3ccc(N)c(C)c3)o2)ccc1N. The first kappa shape index (κ1) is 13.2. The van der Waals surface area contributed by atoms with Gasteiger partial charge in [0.05, 0.1) is 0 Å². The second-order valence-electron chi connectivity index (χ2n) is 5.06. The van der Waals surface area contributed by atoms with Crippen molar-refractivity contribution in [3.8, 4) is 22.9 Å². The number of aryl methyl sites for hydroxylation is 2. The van der Waals surface area contributed by atoms with Gasteiger partial charge in [0.15, 0.2) is 0 Å². The summed E-state index contributed by atoms with van der Waals surface area (Å²) in [5.41, 5.74) is 16.8. The summed E-state index contributed by atoms with van der Waals surface area (Å²) >= 11 is 0. The highest BCUT2D eigenvalue weighted by atomic mass is 16.4. The van der Waals surface area contributed by atoms with Crippen LogP contribution in [-0.4, -0.2) is 10.2 Å². The number of rotatable bonds is 2. The van der Waals surface area contributed by atoms with Gasteiger partial charge < -0.3 is 15.9 Å².